The van der Waals surface area contributed by atoms with Gasteiger partial charge in [0.05, 0.1) is 10.4 Å². The highest BCUT2D eigenvalue weighted by Gasteiger charge is 2.24. The van der Waals surface area contributed by atoms with Gasteiger partial charge in [0.2, 0.25) is 14.8 Å². The van der Waals surface area contributed by atoms with Crippen LogP contribution in [0.3, 0.4) is 0 Å². The van der Waals surface area contributed by atoms with Crippen molar-refractivity contribution in [3.05, 3.63) is 28.5 Å². The molecule has 0 saturated heterocycles. The Bertz CT molecular complexity index is 1000. The van der Waals surface area contributed by atoms with Crippen molar-refractivity contribution in [2.45, 2.75) is 50.7 Å². The van der Waals surface area contributed by atoms with Crippen LogP contribution in [0, 0.1) is 4.77 Å². The molecule has 148 valence electrons. The molecular weight excluding hydrogens is 384 g/mol. The van der Waals surface area contributed by atoms with Crippen LogP contribution < -0.4 is 4.90 Å². The highest BCUT2D eigenvalue weighted by molar-refractivity contribution is 7.89. The number of fused-ring (bicyclic) bond motifs is 1. The maximum Gasteiger partial charge on any atom is 0.242 e. The zero-order chi connectivity index (χ0) is 20.0. The molecule has 27 heavy (non-hydrogen) atoms. The van der Waals surface area contributed by atoms with Gasteiger partial charge in [0.15, 0.2) is 0 Å². The van der Waals surface area contributed by atoms with Crippen LogP contribution in [0.1, 0.15) is 32.8 Å². The maximum absolute atomic E-state index is 12.4. The summed E-state index contributed by atoms with van der Waals surface area (Å²) in [5.41, 5.74) is 1.81. The lowest BCUT2D eigenvalue weighted by molar-refractivity contribution is 0.342. The highest BCUT2D eigenvalue weighted by atomic mass is 32.2. The fourth-order valence-corrected chi connectivity index (χ4v) is 4.47. The third-order valence-electron chi connectivity index (χ3n) is 4.62. The largest absolute Gasteiger partial charge is 0.352 e. The van der Waals surface area contributed by atoms with Crippen molar-refractivity contribution in [2.24, 2.45) is 0 Å². The van der Waals surface area contributed by atoms with Crippen LogP contribution in [-0.4, -0.2) is 53.2 Å². The fraction of sp³-hybridized carbons (Fsp3) is 0.588. The predicted molar refractivity (Wildman–Crippen MR) is 107 cm³/mol. The molecule has 2 heterocycles. The maximum atomic E-state index is 12.4. The van der Waals surface area contributed by atoms with Crippen molar-refractivity contribution in [3.8, 4) is 0 Å². The Hall–Kier alpha value is -1.78. The van der Waals surface area contributed by atoms with Gasteiger partial charge in [-0.2, -0.15) is 4.68 Å². The lowest BCUT2D eigenvalue weighted by Crippen LogP contribution is -2.32. The molecule has 0 spiro atoms. The van der Waals surface area contributed by atoms with Crippen molar-refractivity contribution in [2.75, 3.05) is 25.5 Å². The third-order valence-corrected chi connectivity index (χ3v) is 6.82. The number of aromatic nitrogens is 4. The SMILES string of the molecule is CN(C)S(=O)(=O)c1ccc2c(c1)CCCN2Cn1nnn(C(C)(C)C)c1=S. The Balaban J connectivity index is 1.92. The van der Waals surface area contributed by atoms with Crippen LogP contribution in [-0.2, 0) is 28.7 Å². The number of hydrogen-bond donors (Lipinski definition) is 0. The second-order valence-electron chi connectivity index (χ2n) is 7.93. The molecule has 0 bridgehead atoms. The van der Waals surface area contributed by atoms with Crippen LogP contribution in [0.15, 0.2) is 23.1 Å². The molecule has 3 rings (SSSR count). The van der Waals surface area contributed by atoms with Gasteiger partial charge in [0, 0.05) is 26.3 Å². The summed E-state index contributed by atoms with van der Waals surface area (Å²) in [4.78, 5) is 2.49. The summed E-state index contributed by atoms with van der Waals surface area (Å²) < 4.78 is 30.1. The summed E-state index contributed by atoms with van der Waals surface area (Å²) in [6, 6.07) is 5.32. The first-order chi connectivity index (χ1) is 12.5. The minimum atomic E-state index is -3.44. The number of hydrogen-bond acceptors (Lipinski definition) is 6. The molecule has 2 aromatic rings. The van der Waals surface area contributed by atoms with Crippen LogP contribution in [0.2, 0.25) is 0 Å². The van der Waals surface area contributed by atoms with E-state index in [-0.39, 0.29) is 5.54 Å². The van der Waals surface area contributed by atoms with E-state index in [0.29, 0.717) is 16.3 Å². The molecule has 0 atom stereocenters. The van der Waals surface area contributed by atoms with Gasteiger partial charge in [0.1, 0.15) is 6.67 Å². The molecule has 10 heteroatoms. The summed E-state index contributed by atoms with van der Waals surface area (Å²) >= 11 is 5.53. The quantitative estimate of drug-likeness (QED) is 0.720. The number of aryl methyl sites for hydroxylation is 1. The Labute approximate surface area is 165 Å². The normalized spacial score (nSPS) is 15.3. The van der Waals surface area contributed by atoms with E-state index in [1.807, 2.05) is 26.8 Å². The van der Waals surface area contributed by atoms with E-state index in [1.54, 1.807) is 35.6 Å². The first kappa shape index (κ1) is 20.0. The predicted octanol–water partition coefficient (Wildman–Crippen LogP) is 2.22. The summed E-state index contributed by atoms with van der Waals surface area (Å²) in [5, 5.41) is 8.40. The highest BCUT2D eigenvalue weighted by Crippen LogP contribution is 2.30. The molecule has 0 N–H and O–H groups in total. The summed E-state index contributed by atoms with van der Waals surface area (Å²) in [5.74, 6) is 0. The average Bonchev–Trinajstić information content (AvgIpc) is 2.95. The van der Waals surface area contributed by atoms with E-state index in [2.05, 4.69) is 15.3 Å². The van der Waals surface area contributed by atoms with E-state index in [4.69, 9.17) is 12.2 Å². The van der Waals surface area contributed by atoms with Gasteiger partial charge >= 0.3 is 0 Å². The van der Waals surface area contributed by atoms with Crippen LogP contribution in [0.4, 0.5) is 5.69 Å². The second-order valence-corrected chi connectivity index (χ2v) is 10.4. The number of rotatable bonds is 4. The number of benzene rings is 1. The van der Waals surface area contributed by atoms with E-state index in [0.717, 1.165) is 30.6 Å². The Morgan fingerprint density at radius 3 is 2.52 bits per heavy atom. The van der Waals surface area contributed by atoms with Crippen molar-refractivity contribution in [3.63, 3.8) is 0 Å². The van der Waals surface area contributed by atoms with Crippen LogP contribution in [0.25, 0.3) is 0 Å². The number of tetrazole rings is 1. The number of sulfonamides is 1. The molecule has 0 saturated carbocycles. The van der Waals surface area contributed by atoms with E-state index in [1.165, 1.54) is 4.31 Å². The number of nitrogens with zero attached hydrogens (tertiary/aromatic N) is 6. The molecule has 0 aliphatic carbocycles. The topological polar surface area (TPSA) is 76.3 Å². The molecule has 0 amide bonds. The third kappa shape index (κ3) is 3.78. The molecular formula is C17H26N6O2S2. The Kier molecular flexibility index (Phi) is 5.17. The van der Waals surface area contributed by atoms with Crippen molar-refractivity contribution in [1.82, 2.24) is 24.1 Å². The number of anilines is 1. The molecule has 1 aliphatic rings. The average molecular weight is 411 g/mol. The van der Waals surface area contributed by atoms with Crippen molar-refractivity contribution in [1.29, 1.82) is 0 Å². The molecule has 8 nitrogen and oxygen atoms in total. The first-order valence-electron chi connectivity index (χ1n) is 8.85. The Morgan fingerprint density at radius 1 is 1.22 bits per heavy atom. The molecule has 1 aliphatic heterocycles. The summed E-state index contributed by atoms with van der Waals surface area (Å²) in [6.07, 6.45) is 1.79. The van der Waals surface area contributed by atoms with E-state index >= 15 is 0 Å². The smallest absolute Gasteiger partial charge is 0.242 e. The first-order valence-corrected chi connectivity index (χ1v) is 10.7. The van der Waals surface area contributed by atoms with Crippen LogP contribution >= 0.6 is 12.2 Å². The zero-order valence-corrected chi connectivity index (χ0v) is 18.0. The van der Waals surface area contributed by atoms with Gasteiger partial charge < -0.3 is 4.90 Å². The van der Waals surface area contributed by atoms with Gasteiger partial charge in [-0.05, 0) is 80.0 Å². The van der Waals surface area contributed by atoms with Gasteiger partial charge in [-0.15, -0.1) is 0 Å². The monoisotopic (exact) mass is 410 g/mol. The van der Waals surface area contributed by atoms with E-state index < -0.39 is 10.0 Å². The summed E-state index contributed by atoms with van der Waals surface area (Å²) in [6.45, 7) is 7.44. The minimum absolute atomic E-state index is 0.232. The van der Waals surface area contributed by atoms with Gasteiger partial charge in [-0.1, -0.05) is 0 Å². The Morgan fingerprint density at radius 2 is 1.93 bits per heavy atom. The van der Waals surface area contributed by atoms with Crippen LogP contribution in [0.5, 0.6) is 0 Å². The van der Waals surface area contributed by atoms with Gasteiger partial charge in [-0.25, -0.2) is 17.4 Å². The lowest BCUT2D eigenvalue weighted by Gasteiger charge is -2.31. The zero-order valence-electron chi connectivity index (χ0n) is 16.4. The second kappa shape index (κ2) is 6.99. The molecule has 1 aromatic heterocycles. The molecule has 0 radical (unpaired) electrons. The molecule has 0 fully saturated rings. The summed E-state index contributed by atoms with van der Waals surface area (Å²) in [7, 11) is -0.353. The standard InChI is InChI=1S/C17H26N6O2S2/c1-17(2,3)23-16(26)22(18-19-23)12-21-10-6-7-13-11-14(8-9-15(13)21)27(24,25)20(4)5/h8-9,11H,6-7,10,12H2,1-5H3. The van der Waals surface area contributed by atoms with Crippen molar-refractivity contribution < 1.29 is 8.42 Å². The minimum Gasteiger partial charge on any atom is -0.352 e. The molecule has 0 unspecified atom stereocenters. The molecule has 1 aromatic carbocycles. The van der Waals surface area contributed by atoms with Gasteiger partial charge in [-0.3, -0.25) is 0 Å². The fourth-order valence-electron chi connectivity index (χ4n) is 3.12. The van der Waals surface area contributed by atoms with Gasteiger partial charge in [0.25, 0.3) is 0 Å². The lowest BCUT2D eigenvalue weighted by atomic mass is 10.0. The van der Waals surface area contributed by atoms with E-state index in [9.17, 15) is 8.42 Å². The van der Waals surface area contributed by atoms with Crippen molar-refractivity contribution >= 4 is 27.9 Å².